The van der Waals surface area contributed by atoms with E-state index in [9.17, 15) is 9.59 Å². The van der Waals surface area contributed by atoms with Gasteiger partial charge in [-0.2, -0.15) is 5.10 Å². The zero-order valence-corrected chi connectivity index (χ0v) is 15.4. The SMILES string of the molecule is Cc1cc(NC(=O)Cn2cnc3ccccc3c2=O)n(Cc2ccccc2)n1. The summed E-state index contributed by atoms with van der Waals surface area (Å²) in [5, 5.41) is 7.78. The van der Waals surface area contributed by atoms with E-state index in [0.29, 0.717) is 23.3 Å². The van der Waals surface area contributed by atoms with Crippen LogP contribution in [0.25, 0.3) is 10.9 Å². The molecule has 0 saturated heterocycles. The molecule has 140 valence electrons. The molecule has 2 heterocycles. The van der Waals surface area contributed by atoms with Crippen molar-refractivity contribution in [3.8, 4) is 0 Å². The van der Waals surface area contributed by atoms with Crippen LogP contribution in [0.2, 0.25) is 0 Å². The molecule has 0 unspecified atom stereocenters. The fourth-order valence-electron chi connectivity index (χ4n) is 3.08. The van der Waals surface area contributed by atoms with Crippen LogP contribution in [0.1, 0.15) is 11.3 Å². The van der Waals surface area contributed by atoms with Gasteiger partial charge in [-0.1, -0.05) is 42.5 Å². The first-order valence-electron chi connectivity index (χ1n) is 8.92. The lowest BCUT2D eigenvalue weighted by Gasteiger charge is -2.10. The number of para-hydroxylation sites is 1. The van der Waals surface area contributed by atoms with Crippen molar-refractivity contribution >= 4 is 22.6 Å². The number of rotatable bonds is 5. The van der Waals surface area contributed by atoms with Crippen LogP contribution in [-0.4, -0.2) is 25.2 Å². The van der Waals surface area contributed by atoms with E-state index >= 15 is 0 Å². The van der Waals surface area contributed by atoms with Gasteiger partial charge < -0.3 is 5.32 Å². The molecule has 2 aromatic carbocycles. The second kappa shape index (κ2) is 7.48. The monoisotopic (exact) mass is 373 g/mol. The molecular weight excluding hydrogens is 354 g/mol. The van der Waals surface area contributed by atoms with Crippen LogP contribution in [0.3, 0.4) is 0 Å². The predicted octanol–water partition coefficient (Wildman–Crippen LogP) is 2.59. The van der Waals surface area contributed by atoms with E-state index in [2.05, 4.69) is 15.4 Å². The average molecular weight is 373 g/mol. The summed E-state index contributed by atoms with van der Waals surface area (Å²) in [5.74, 6) is 0.279. The first-order valence-corrected chi connectivity index (χ1v) is 8.92. The Morgan fingerprint density at radius 2 is 1.82 bits per heavy atom. The fraction of sp³-hybridized carbons (Fsp3) is 0.143. The number of anilines is 1. The maximum Gasteiger partial charge on any atom is 0.261 e. The van der Waals surface area contributed by atoms with E-state index in [-0.39, 0.29) is 18.0 Å². The van der Waals surface area contributed by atoms with Crippen LogP contribution < -0.4 is 10.9 Å². The van der Waals surface area contributed by atoms with Gasteiger partial charge in [0.05, 0.1) is 29.5 Å². The molecule has 28 heavy (non-hydrogen) atoms. The highest BCUT2D eigenvalue weighted by molar-refractivity contribution is 5.90. The molecule has 4 rings (SSSR count). The topological polar surface area (TPSA) is 81.8 Å². The van der Waals surface area contributed by atoms with Gasteiger partial charge >= 0.3 is 0 Å². The van der Waals surface area contributed by atoms with Crippen molar-refractivity contribution in [2.24, 2.45) is 0 Å². The van der Waals surface area contributed by atoms with E-state index < -0.39 is 0 Å². The summed E-state index contributed by atoms with van der Waals surface area (Å²) in [5.41, 5.74) is 2.25. The van der Waals surface area contributed by atoms with Gasteiger partial charge in [-0.3, -0.25) is 14.2 Å². The Labute approximate surface area is 161 Å². The number of aromatic nitrogens is 4. The number of hydrogen-bond acceptors (Lipinski definition) is 4. The number of carbonyl (C=O) groups excluding carboxylic acids is 1. The Kier molecular flexibility index (Phi) is 4.72. The molecule has 0 aliphatic rings. The number of carbonyl (C=O) groups is 1. The maximum atomic E-state index is 12.6. The van der Waals surface area contributed by atoms with Crippen molar-refractivity contribution in [1.82, 2.24) is 19.3 Å². The molecule has 0 saturated carbocycles. The number of amides is 1. The van der Waals surface area contributed by atoms with E-state index in [1.54, 1.807) is 22.9 Å². The number of nitrogens with zero attached hydrogens (tertiary/aromatic N) is 4. The number of benzene rings is 2. The molecule has 0 radical (unpaired) electrons. The summed E-state index contributed by atoms with van der Waals surface area (Å²) in [6, 6.07) is 18.8. The van der Waals surface area contributed by atoms with Crippen molar-refractivity contribution in [2.45, 2.75) is 20.0 Å². The highest BCUT2D eigenvalue weighted by Gasteiger charge is 2.12. The largest absolute Gasteiger partial charge is 0.309 e. The van der Waals surface area contributed by atoms with Gasteiger partial charge in [0.25, 0.3) is 5.56 Å². The van der Waals surface area contributed by atoms with E-state index in [1.807, 2.05) is 49.4 Å². The first kappa shape index (κ1) is 17.7. The Bertz CT molecular complexity index is 1190. The minimum atomic E-state index is -0.312. The van der Waals surface area contributed by atoms with Crippen molar-refractivity contribution in [1.29, 1.82) is 0 Å². The van der Waals surface area contributed by atoms with Crippen molar-refractivity contribution in [3.05, 3.63) is 88.6 Å². The fourth-order valence-corrected chi connectivity index (χ4v) is 3.08. The smallest absolute Gasteiger partial charge is 0.261 e. The van der Waals surface area contributed by atoms with Gasteiger partial charge in [0.15, 0.2) is 0 Å². The Morgan fingerprint density at radius 1 is 1.07 bits per heavy atom. The standard InChI is InChI=1S/C21H19N5O2/c1-15-11-19(26(24-15)12-16-7-3-2-4-8-16)23-20(27)13-25-14-22-18-10-6-5-9-17(18)21(25)28/h2-11,14H,12-13H2,1H3,(H,23,27). The van der Waals surface area contributed by atoms with Crippen LogP contribution in [0.15, 0.2) is 71.8 Å². The normalized spacial score (nSPS) is 10.9. The quantitative estimate of drug-likeness (QED) is 0.583. The summed E-state index contributed by atoms with van der Waals surface area (Å²) in [6.07, 6.45) is 1.40. The zero-order valence-electron chi connectivity index (χ0n) is 15.4. The second-order valence-corrected chi connectivity index (χ2v) is 6.56. The van der Waals surface area contributed by atoms with Gasteiger partial charge in [-0.15, -0.1) is 0 Å². The van der Waals surface area contributed by atoms with Gasteiger partial charge in [0.1, 0.15) is 12.4 Å². The van der Waals surface area contributed by atoms with E-state index in [1.165, 1.54) is 10.9 Å². The second-order valence-electron chi connectivity index (χ2n) is 6.56. The van der Waals surface area contributed by atoms with Crippen LogP contribution >= 0.6 is 0 Å². The third kappa shape index (κ3) is 3.68. The number of nitrogens with one attached hydrogen (secondary N) is 1. The number of aryl methyl sites for hydroxylation is 1. The number of fused-ring (bicyclic) bond motifs is 1. The molecule has 0 aliphatic heterocycles. The van der Waals surface area contributed by atoms with Crippen molar-refractivity contribution in [2.75, 3.05) is 5.32 Å². The summed E-state index contributed by atoms with van der Waals surface area (Å²) in [4.78, 5) is 29.3. The molecule has 7 nitrogen and oxygen atoms in total. The van der Waals surface area contributed by atoms with Crippen LogP contribution in [0, 0.1) is 6.92 Å². The lowest BCUT2D eigenvalue weighted by Crippen LogP contribution is -2.28. The highest BCUT2D eigenvalue weighted by Crippen LogP contribution is 2.13. The molecule has 4 aromatic rings. The minimum Gasteiger partial charge on any atom is -0.309 e. The first-order chi connectivity index (χ1) is 13.6. The van der Waals surface area contributed by atoms with Crippen LogP contribution in [0.4, 0.5) is 5.82 Å². The summed E-state index contributed by atoms with van der Waals surface area (Å²) >= 11 is 0. The molecule has 0 bridgehead atoms. The van der Waals surface area contributed by atoms with Gasteiger partial charge in [0, 0.05) is 6.07 Å². The Morgan fingerprint density at radius 3 is 2.64 bits per heavy atom. The Hall–Kier alpha value is -3.74. The highest BCUT2D eigenvalue weighted by atomic mass is 16.2. The summed E-state index contributed by atoms with van der Waals surface area (Å²) in [6.45, 7) is 2.29. The zero-order chi connectivity index (χ0) is 19.5. The van der Waals surface area contributed by atoms with Gasteiger partial charge in [-0.05, 0) is 24.6 Å². The third-order valence-electron chi connectivity index (χ3n) is 4.39. The summed E-state index contributed by atoms with van der Waals surface area (Å²) in [7, 11) is 0. The molecule has 0 fully saturated rings. The van der Waals surface area contributed by atoms with Gasteiger partial charge in [0.2, 0.25) is 5.91 Å². The summed E-state index contributed by atoms with van der Waals surface area (Å²) < 4.78 is 3.05. The minimum absolute atomic E-state index is 0.119. The molecule has 2 aromatic heterocycles. The Balaban J connectivity index is 1.53. The van der Waals surface area contributed by atoms with Gasteiger partial charge in [-0.25, -0.2) is 9.67 Å². The molecule has 0 spiro atoms. The van der Waals surface area contributed by atoms with Crippen LogP contribution in [0.5, 0.6) is 0 Å². The molecule has 1 N–H and O–H groups in total. The molecule has 7 heteroatoms. The van der Waals surface area contributed by atoms with E-state index in [4.69, 9.17) is 0 Å². The lowest BCUT2D eigenvalue weighted by atomic mass is 10.2. The molecule has 1 amide bonds. The van der Waals surface area contributed by atoms with E-state index in [0.717, 1.165) is 11.3 Å². The van der Waals surface area contributed by atoms with Crippen molar-refractivity contribution in [3.63, 3.8) is 0 Å². The van der Waals surface area contributed by atoms with Crippen molar-refractivity contribution < 1.29 is 4.79 Å². The maximum absolute atomic E-state index is 12.6. The average Bonchev–Trinajstić information content (AvgIpc) is 3.03. The van der Waals surface area contributed by atoms with Crippen LogP contribution in [-0.2, 0) is 17.9 Å². The number of hydrogen-bond donors (Lipinski definition) is 1. The molecule has 0 aliphatic carbocycles. The molecule has 0 atom stereocenters. The lowest BCUT2D eigenvalue weighted by molar-refractivity contribution is -0.116. The molecular formula is C21H19N5O2. The third-order valence-corrected chi connectivity index (χ3v) is 4.39. The predicted molar refractivity (Wildman–Crippen MR) is 107 cm³/mol.